The van der Waals surface area contributed by atoms with Crippen LogP contribution in [0.25, 0.3) is 0 Å². The Hall–Kier alpha value is -1.53. The molecule has 0 saturated heterocycles. The Kier molecular flexibility index (Phi) is 4.75. The molecular weight excluding hydrogens is 245 g/mol. The van der Waals surface area contributed by atoms with Crippen molar-refractivity contribution in [2.45, 2.75) is 33.0 Å². The lowest BCUT2D eigenvalue weighted by Crippen LogP contribution is -2.39. The van der Waals surface area contributed by atoms with Crippen LogP contribution in [0, 0.1) is 0 Å². The fourth-order valence-corrected chi connectivity index (χ4v) is 1.47. The van der Waals surface area contributed by atoms with Crippen molar-refractivity contribution in [3.05, 3.63) is 12.3 Å². The highest BCUT2D eigenvalue weighted by Crippen LogP contribution is 2.22. The van der Waals surface area contributed by atoms with E-state index >= 15 is 0 Å². The summed E-state index contributed by atoms with van der Waals surface area (Å²) in [5.74, 6) is 0.607. The van der Waals surface area contributed by atoms with Crippen LogP contribution in [0.5, 0.6) is 0 Å². The molecule has 102 valence electrons. The maximum atomic E-state index is 12.5. The van der Waals surface area contributed by atoms with Gasteiger partial charge in [0.1, 0.15) is 12.4 Å². The minimum atomic E-state index is -4.26. The number of alkyl halides is 3. The summed E-state index contributed by atoms with van der Waals surface area (Å²) in [7, 11) is 0. The molecule has 0 aliphatic rings. The molecule has 0 atom stereocenters. The molecule has 0 radical (unpaired) electrons. The van der Waals surface area contributed by atoms with Gasteiger partial charge in [-0.3, -0.25) is 0 Å². The third-order valence-corrected chi connectivity index (χ3v) is 2.24. The van der Waals surface area contributed by atoms with Gasteiger partial charge in [-0.05, 0) is 26.8 Å². The van der Waals surface area contributed by atoms with E-state index in [4.69, 9.17) is 0 Å². The minimum Gasteiger partial charge on any atom is -0.354 e. The molecule has 1 aromatic rings. The van der Waals surface area contributed by atoms with E-state index in [-0.39, 0.29) is 11.9 Å². The summed E-state index contributed by atoms with van der Waals surface area (Å²) in [6.07, 6.45) is -2.81. The van der Waals surface area contributed by atoms with Crippen molar-refractivity contribution in [3.8, 4) is 0 Å². The Morgan fingerprint density at radius 1 is 1.39 bits per heavy atom. The van der Waals surface area contributed by atoms with Crippen LogP contribution in [-0.4, -0.2) is 35.3 Å². The van der Waals surface area contributed by atoms with E-state index in [0.717, 1.165) is 0 Å². The fraction of sp³-hybridized carbons (Fsp3) is 0.636. The summed E-state index contributed by atoms with van der Waals surface area (Å²) in [5.41, 5.74) is 0. The molecule has 1 heterocycles. The highest BCUT2D eigenvalue weighted by Gasteiger charge is 2.32. The third kappa shape index (κ3) is 4.38. The van der Waals surface area contributed by atoms with Crippen molar-refractivity contribution in [1.29, 1.82) is 0 Å². The van der Waals surface area contributed by atoms with E-state index in [1.165, 1.54) is 17.2 Å². The number of rotatable bonds is 5. The van der Waals surface area contributed by atoms with E-state index in [9.17, 15) is 13.2 Å². The van der Waals surface area contributed by atoms with Gasteiger partial charge in [0, 0.05) is 18.8 Å². The number of halogens is 3. The van der Waals surface area contributed by atoms with E-state index in [1.807, 2.05) is 6.92 Å². The zero-order valence-electron chi connectivity index (χ0n) is 10.6. The third-order valence-electron chi connectivity index (χ3n) is 2.24. The van der Waals surface area contributed by atoms with Gasteiger partial charge in [-0.25, -0.2) is 4.98 Å². The van der Waals surface area contributed by atoms with Gasteiger partial charge in [0.25, 0.3) is 0 Å². The number of aromatic nitrogens is 2. The number of nitrogens with zero attached hydrogens (tertiary/aromatic N) is 3. The van der Waals surface area contributed by atoms with Gasteiger partial charge in [0.05, 0.1) is 0 Å². The first-order valence-corrected chi connectivity index (χ1v) is 5.73. The van der Waals surface area contributed by atoms with Crippen LogP contribution in [-0.2, 0) is 0 Å². The van der Waals surface area contributed by atoms with Gasteiger partial charge in [0.15, 0.2) is 0 Å². The van der Waals surface area contributed by atoms with Crippen LogP contribution in [0.15, 0.2) is 12.3 Å². The van der Waals surface area contributed by atoms with Gasteiger partial charge < -0.3 is 10.2 Å². The monoisotopic (exact) mass is 262 g/mol. The predicted octanol–water partition coefficient (Wildman–Crippen LogP) is 2.69. The smallest absolute Gasteiger partial charge is 0.354 e. The van der Waals surface area contributed by atoms with Crippen molar-refractivity contribution in [1.82, 2.24) is 9.97 Å². The number of hydrogen-bond acceptors (Lipinski definition) is 4. The molecule has 4 nitrogen and oxygen atoms in total. The summed E-state index contributed by atoms with van der Waals surface area (Å²) >= 11 is 0. The number of hydrogen-bond donors (Lipinski definition) is 1. The first kappa shape index (κ1) is 14.5. The van der Waals surface area contributed by atoms with Crippen molar-refractivity contribution >= 4 is 11.8 Å². The average molecular weight is 262 g/mol. The summed E-state index contributed by atoms with van der Waals surface area (Å²) in [5, 5.41) is 2.87. The quantitative estimate of drug-likeness (QED) is 0.885. The van der Waals surface area contributed by atoms with Crippen LogP contribution < -0.4 is 10.2 Å². The van der Waals surface area contributed by atoms with E-state index < -0.39 is 12.7 Å². The molecule has 0 bridgehead atoms. The van der Waals surface area contributed by atoms with Crippen LogP contribution in [0.1, 0.15) is 20.8 Å². The van der Waals surface area contributed by atoms with Gasteiger partial charge in [-0.2, -0.15) is 18.2 Å². The molecule has 1 rings (SSSR count). The van der Waals surface area contributed by atoms with Crippen molar-refractivity contribution in [2.75, 3.05) is 23.3 Å². The molecular formula is C11H17F3N4. The van der Waals surface area contributed by atoms with Gasteiger partial charge >= 0.3 is 6.18 Å². The summed E-state index contributed by atoms with van der Waals surface area (Å²) in [4.78, 5) is 9.21. The van der Waals surface area contributed by atoms with Crippen LogP contribution in [0.2, 0.25) is 0 Å². The van der Waals surface area contributed by atoms with Crippen molar-refractivity contribution in [2.24, 2.45) is 0 Å². The Balaban J connectivity index is 2.95. The standard InChI is InChI=1S/C11H17F3N4/c1-4-15-10-16-6-5-9(17-10)18(8(2)3)7-11(12,13)14/h5-6,8H,4,7H2,1-3H3,(H,15,16,17). The lowest BCUT2D eigenvalue weighted by molar-refractivity contribution is -0.120. The zero-order chi connectivity index (χ0) is 13.8. The van der Waals surface area contributed by atoms with Crippen molar-refractivity contribution in [3.63, 3.8) is 0 Å². The molecule has 0 aliphatic carbocycles. The fourth-order valence-electron chi connectivity index (χ4n) is 1.47. The van der Waals surface area contributed by atoms with Crippen LogP contribution in [0.3, 0.4) is 0 Å². The Labute approximate surface area is 104 Å². The Morgan fingerprint density at radius 2 is 2.06 bits per heavy atom. The second kappa shape index (κ2) is 5.88. The molecule has 7 heteroatoms. The maximum absolute atomic E-state index is 12.5. The summed E-state index contributed by atoms with van der Waals surface area (Å²) < 4.78 is 37.5. The predicted molar refractivity (Wildman–Crippen MR) is 64.7 cm³/mol. The first-order chi connectivity index (χ1) is 8.33. The minimum absolute atomic E-state index is 0.272. The highest BCUT2D eigenvalue weighted by molar-refractivity contribution is 5.43. The van der Waals surface area contributed by atoms with Crippen LogP contribution in [0.4, 0.5) is 24.9 Å². The molecule has 0 aromatic carbocycles. The van der Waals surface area contributed by atoms with Gasteiger partial charge in [-0.15, -0.1) is 0 Å². The first-order valence-electron chi connectivity index (χ1n) is 5.73. The molecule has 0 amide bonds. The van der Waals surface area contributed by atoms with Gasteiger partial charge in [0.2, 0.25) is 5.95 Å². The molecule has 0 spiro atoms. The zero-order valence-corrected chi connectivity index (χ0v) is 10.6. The number of anilines is 2. The van der Waals surface area contributed by atoms with E-state index in [0.29, 0.717) is 12.5 Å². The Bertz CT molecular complexity index is 379. The van der Waals surface area contributed by atoms with Crippen LogP contribution >= 0.6 is 0 Å². The highest BCUT2D eigenvalue weighted by atomic mass is 19.4. The molecule has 0 aliphatic heterocycles. The lowest BCUT2D eigenvalue weighted by atomic mass is 10.3. The average Bonchev–Trinajstić information content (AvgIpc) is 2.25. The SMILES string of the molecule is CCNc1nccc(N(CC(F)(F)F)C(C)C)n1. The largest absolute Gasteiger partial charge is 0.405 e. The Morgan fingerprint density at radius 3 is 2.56 bits per heavy atom. The lowest BCUT2D eigenvalue weighted by Gasteiger charge is -2.28. The normalized spacial score (nSPS) is 11.7. The maximum Gasteiger partial charge on any atom is 0.405 e. The topological polar surface area (TPSA) is 41.1 Å². The van der Waals surface area contributed by atoms with Gasteiger partial charge in [-0.1, -0.05) is 0 Å². The number of nitrogens with one attached hydrogen (secondary N) is 1. The van der Waals surface area contributed by atoms with E-state index in [2.05, 4.69) is 15.3 Å². The van der Waals surface area contributed by atoms with Crippen molar-refractivity contribution < 1.29 is 13.2 Å². The molecule has 0 unspecified atom stereocenters. The summed E-state index contributed by atoms with van der Waals surface area (Å²) in [6, 6.07) is 1.18. The molecule has 0 saturated carbocycles. The molecule has 1 N–H and O–H groups in total. The van der Waals surface area contributed by atoms with E-state index in [1.54, 1.807) is 13.8 Å². The summed E-state index contributed by atoms with van der Waals surface area (Å²) in [6.45, 7) is 4.85. The molecule has 18 heavy (non-hydrogen) atoms. The second-order valence-electron chi connectivity index (χ2n) is 4.11. The molecule has 0 fully saturated rings. The molecule has 1 aromatic heterocycles. The second-order valence-corrected chi connectivity index (χ2v) is 4.11.